The van der Waals surface area contributed by atoms with Crippen molar-refractivity contribution in [3.8, 4) is 17.7 Å². The summed E-state index contributed by atoms with van der Waals surface area (Å²) in [6.07, 6.45) is -4.43. The molecule has 0 amide bonds. The lowest BCUT2D eigenvalue weighted by Gasteiger charge is -2.24. The van der Waals surface area contributed by atoms with E-state index in [2.05, 4.69) is 10.2 Å². The molecule has 10 heteroatoms. The predicted octanol–water partition coefficient (Wildman–Crippen LogP) is 3.02. The van der Waals surface area contributed by atoms with Gasteiger partial charge < -0.3 is 19.9 Å². The van der Waals surface area contributed by atoms with Crippen LogP contribution < -0.4 is 15.2 Å². The third kappa shape index (κ3) is 3.75. The molecule has 1 aromatic carbocycles. The largest absolute Gasteiger partial charge is 0.496 e. The SMILES string of the molecule is COc1ccc(C2C(C#N)=C(N)Oc3n[nH]c(C)c32)cc1COCC(F)(F)F. The van der Waals surface area contributed by atoms with E-state index in [9.17, 15) is 18.4 Å². The molecule has 0 fully saturated rings. The molecule has 1 aromatic heterocycles. The Kier molecular flexibility index (Phi) is 5.20. The van der Waals surface area contributed by atoms with E-state index in [1.807, 2.05) is 6.07 Å². The third-order valence-electron chi connectivity index (χ3n) is 4.29. The van der Waals surface area contributed by atoms with Gasteiger partial charge in [-0.1, -0.05) is 6.07 Å². The van der Waals surface area contributed by atoms with Crippen molar-refractivity contribution in [2.45, 2.75) is 25.6 Å². The molecule has 3 rings (SSSR count). The second-order valence-electron chi connectivity index (χ2n) is 6.17. The number of hydrogen-bond acceptors (Lipinski definition) is 6. The summed E-state index contributed by atoms with van der Waals surface area (Å²) in [6, 6.07) is 7.00. The molecule has 1 unspecified atom stereocenters. The van der Waals surface area contributed by atoms with Crippen LogP contribution in [-0.2, 0) is 11.3 Å². The minimum atomic E-state index is -4.43. The molecule has 0 aliphatic carbocycles. The first kappa shape index (κ1) is 19.6. The molecule has 0 bridgehead atoms. The molecule has 0 saturated carbocycles. The number of halogens is 3. The van der Waals surface area contributed by atoms with Gasteiger partial charge in [-0.2, -0.15) is 18.4 Å². The number of allylic oxidation sites excluding steroid dienone is 1. The minimum Gasteiger partial charge on any atom is -0.496 e. The van der Waals surface area contributed by atoms with Crippen LogP contribution in [-0.4, -0.2) is 30.1 Å². The number of H-pyrrole nitrogens is 1. The Balaban J connectivity index is 2.02. The van der Waals surface area contributed by atoms with Crippen LogP contribution in [0.4, 0.5) is 13.2 Å². The van der Waals surface area contributed by atoms with Crippen LogP contribution in [0.2, 0.25) is 0 Å². The molecule has 0 saturated heterocycles. The van der Waals surface area contributed by atoms with Crippen LogP contribution in [0.3, 0.4) is 0 Å². The first-order valence-electron chi connectivity index (χ1n) is 8.19. The van der Waals surface area contributed by atoms with E-state index >= 15 is 0 Å². The number of benzene rings is 1. The summed E-state index contributed by atoms with van der Waals surface area (Å²) in [7, 11) is 1.41. The number of nitrogens with one attached hydrogen (secondary N) is 1. The monoisotopic (exact) mass is 394 g/mol. The highest BCUT2D eigenvalue weighted by atomic mass is 19.4. The number of nitrogens with zero attached hydrogens (tertiary/aromatic N) is 2. The zero-order valence-electron chi connectivity index (χ0n) is 15.1. The summed E-state index contributed by atoms with van der Waals surface area (Å²) in [5, 5.41) is 16.4. The van der Waals surface area contributed by atoms with Crippen molar-refractivity contribution in [3.63, 3.8) is 0 Å². The molecule has 0 spiro atoms. The van der Waals surface area contributed by atoms with Gasteiger partial charge in [-0.15, -0.1) is 5.10 Å². The van der Waals surface area contributed by atoms with Crippen molar-refractivity contribution in [2.75, 3.05) is 13.7 Å². The topological polar surface area (TPSA) is 106 Å². The fourth-order valence-electron chi connectivity index (χ4n) is 3.10. The number of nitrogens with two attached hydrogens (primary N) is 1. The van der Waals surface area contributed by atoms with Gasteiger partial charge in [0.2, 0.25) is 11.8 Å². The van der Waals surface area contributed by atoms with Crippen LogP contribution in [0, 0.1) is 18.3 Å². The lowest BCUT2D eigenvalue weighted by atomic mass is 9.83. The fourth-order valence-corrected chi connectivity index (χ4v) is 3.10. The molecular formula is C18H17F3N4O3. The average Bonchev–Trinajstić information content (AvgIpc) is 2.99. The number of alkyl halides is 3. The van der Waals surface area contributed by atoms with Crippen molar-refractivity contribution >= 4 is 0 Å². The van der Waals surface area contributed by atoms with E-state index in [-0.39, 0.29) is 23.9 Å². The van der Waals surface area contributed by atoms with Crippen molar-refractivity contribution < 1.29 is 27.4 Å². The normalized spacial score (nSPS) is 16.4. The minimum absolute atomic E-state index is 0.0720. The molecule has 1 aliphatic heterocycles. The van der Waals surface area contributed by atoms with Gasteiger partial charge in [-0.05, 0) is 24.6 Å². The van der Waals surface area contributed by atoms with Crippen LogP contribution in [0.15, 0.2) is 29.7 Å². The molecule has 2 heterocycles. The van der Waals surface area contributed by atoms with Crippen molar-refractivity contribution in [3.05, 3.63) is 52.0 Å². The Hall–Kier alpha value is -3.19. The van der Waals surface area contributed by atoms with Crippen LogP contribution in [0.25, 0.3) is 0 Å². The molecule has 1 aliphatic rings. The average molecular weight is 394 g/mol. The maximum absolute atomic E-state index is 12.4. The highest BCUT2D eigenvalue weighted by Gasteiger charge is 2.34. The zero-order chi connectivity index (χ0) is 20.5. The number of rotatable bonds is 5. The van der Waals surface area contributed by atoms with Gasteiger partial charge in [0.1, 0.15) is 24.0 Å². The van der Waals surface area contributed by atoms with E-state index in [0.29, 0.717) is 28.1 Å². The molecule has 2 aromatic rings. The Bertz CT molecular complexity index is 960. The Morgan fingerprint density at radius 3 is 2.79 bits per heavy atom. The number of aryl methyl sites for hydroxylation is 1. The number of nitriles is 1. The lowest BCUT2D eigenvalue weighted by molar-refractivity contribution is -0.176. The van der Waals surface area contributed by atoms with Gasteiger partial charge >= 0.3 is 6.18 Å². The zero-order valence-corrected chi connectivity index (χ0v) is 15.1. The van der Waals surface area contributed by atoms with E-state index in [1.165, 1.54) is 7.11 Å². The second kappa shape index (κ2) is 7.44. The van der Waals surface area contributed by atoms with Gasteiger partial charge in [0, 0.05) is 16.8 Å². The maximum Gasteiger partial charge on any atom is 0.411 e. The van der Waals surface area contributed by atoms with Crippen molar-refractivity contribution in [1.82, 2.24) is 10.2 Å². The summed E-state index contributed by atoms with van der Waals surface area (Å²) in [5.74, 6) is -0.0285. The van der Waals surface area contributed by atoms with Gasteiger partial charge in [0.25, 0.3) is 0 Å². The van der Waals surface area contributed by atoms with Gasteiger partial charge in [-0.3, -0.25) is 5.10 Å². The van der Waals surface area contributed by atoms with Crippen molar-refractivity contribution in [1.29, 1.82) is 5.26 Å². The van der Waals surface area contributed by atoms with Gasteiger partial charge in [0.05, 0.1) is 19.6 Å². The van der Waals surface area contributed by atoms with E-state index in [1.54, 1.807) is 25.1 Å². The lowest BCUT2D eigenvalue weighted by Crippen LogP contribution is -2.21. The first-order valence-corrected chi connectivity index (χ1v) is 8.19. The Labute approximate surface area is 158 Å². The van der Waals surface area contributed by atoms with E-state index < -0.39 is 18.7 Å². The number of methoxy groups -OCH3 is 1. The number of fused-ring (bicyclic) bond motifs is 1. The summed E-state index contributed by atoms with van der Waals surface area (Å²) in [4.78, 5) is 0. The second-order valence-corrected chi connectivity index (χ2v) is 6.17. The molecular weight excluding hydrogens is 377 g/mol. The fraction of sp³-hybridized carbons (Fsp3) is 0.333. The summed E-state index contributed by atoms with van der Waals surface area (Å²) in [6.45, 7) is 0.0898. The number of hydrogen-bond donors (Lipinski definition) is 2. The van der Waals surface area contributed by atoms with Crippen LogP contribution in [0.1, 0.15) is 28.3 Å². The van der Waals surface area contributed by atoms with Crippen molar-refractivity contribution in [2.24, 2.45) is 5.73 Å². The standard InChI is InChI=1S/C18H17F3N4O3/c1-9-14-15(12(6-22)16(23)28-17(14)25-24-9)10-3-4-13(26-2)11(5-10)7-27-8-18(19,20)21/h3-5,15H,7-8,23H2,1-2H3,(H,24,25). The molecule has 28 heavy (non-hydrogen) atoms. The van der Waals surface area contributed by atoms with Gasteiger partial charge in [-0.25, -0.2) is 0 Å². The molecule has 3 N–H and O–H groups in total. The summed E-state index contributed by atoms with van der Waals surface area (Å²) in [5.41, 5.74) is 8.41. The Morgan fingerprint density at radius 1 is 1.39 bits per heavy atom. The Morgan fingerprint density at radius 2 is 2.14 bits per heavy atom. The van der Waals surface area contributed by atoms with E-state index in [4.69, 9.17) is 19.9 Å². The van der Waals surface area contributed by atoms with Gasteiger partial charge in [0.15, 0.2) is 0 Å². The summed E-state index contributed by atoms with van der Waals surface area (Å²) < 4.78 is 52.6. The molecule has 148 valence electrons. The highest BCUT2D eigenvalue weighted by molar-refractivity contribution is 5.56. The highest BCUT2D eigenvalue weighted by Crippen LogP contribution is 2.43. The molecule has 7 nitrogen and oxygen atoms in total. The maximum atomic E-state index is 12.4. The molecule has 0 radical (unpaired) electrons. The first-order chi connectivity index (χ1) is 13.2. The smallest absolute Gasteiger partial charge is 0.411 e. The third-order valence-corrected chi connectivity index (χ3v) is 4.29. The van der Waals surface area contributed by atoms with Crippen LogP contribution >= 0.6 is 0 Å². The number of aromatic nitrogens is 2. The summed E-state index contributed by atoms with van der Waals surface area (Å²) >= 11 is 0. The quantitative estimate of drug-likeness (QED) is 0.808. The number of aromatic amines is 1. The van der Waals surface area contributed by atoms with Crippen LogP contribution in [0.5, 0.6) is 11.6 Å². The predicted molar refractivity (Wildman–Crippen MR) is 91.3 cm³/mol. The molecule has 1 atom stereocenters. The number of ether oxygens (including phenoxy) is 3. The van der Waals surface area contributed by atoms with E-state index in [0.717, 1.165) is 0 Å².